The van der Waals surface area contributed by atoms with E-state index in [9.17, 15) is 9.18 Å². The Morgan fingerprint density at radius 3 is 2.75 bits per heavy atom. The highest BCUT2D eigenvalue weighted by atomic mass is 19.1. The van der Waals surface area contributed by atoms with Crippen LogP contribution in [0.15, 0.2) is 53.1 Å². The molecule has 0 unspecified atom stereocenters. The van der Waals surface area contributed by atoms with E-state index < -0.39 is 11.7 Å². The van der Waals surface area contributed by atoms with Gasteiger partial charge in [-0.2, -0.15) is 4.98 Å². The first-order valence-corrected chi connectivity index (χ1v) is 7.17. The summed E-state index contributed by atoms with van der Waals surface area (Å²) < 4.78 is 23.5. The largest absolute Gasteiger partial charge is 0.494 e. The second kappa shape index (κ2) is 6.91. The Morgan fingerprint density at radius 2 is 2.04 bits per heavy atom. The van der Waals surface area contributed by atoms with Crippen LogP contribution in [0.3, 0.4) is 0 Å². The minimum Gasteiger partial charge on any atom is -0.494 e. The highest BCUT2D eigenvalue weighted by Gasteiger charge is 2.12. The van der Waals surface area contributed by atoms with Crippen LogP contribution in [0, 0.1) is 5.82 Å². The van der Waals surface area contributed by atoms with Crippen molar-refractivity contribution in [1.82, 2.24) is 15.5 Å². The lowest BCUT2D eigenvalue weighted by atomic mass is 10.2. The van der Waals surface area contributed by atoms with Crippen LogP contribution in [0.2, 0.25) is 0 Å². The maximum Gasteiger partial charge on any atom is 0.251 e. The molecule has 0 aliphatic rings. The van der Waals surface area contributed by atoms with Crippen molar-refractivity contribution >= 4 is 5.91 Å². The molecular weight excluding hydrogens is 313 g/mol. The summed E-state index contributed by atoms with van der Waals surface area (Å²) in [5, 5.41) is 6.46. The predicted octanol–water partition coefficient (Wildman–Crippen LogP) is 2.81. The Hall–Kier alpha value is -3.22. The fourth-order valence-corrected chi connectivity index (χ4v) is 2.10. The number of nitrogens with one attached hydrogen (secondary N) is 1. The molecule has 0 radical (unpaired) electrons. The smallest absolute Gasteiger partial charge is 0.251 e. The van der Waals surface area contributed by atoms with Gasteiger partial charge in [0.2, 0.25) is 11.7 Å². The predicted molar refractivity (Wildman–Crippen MR) is 83.9 cm³/mol. The fourth-order valence-electron chi connectivity index (χ4n) is 2.10. The molecule has 0 saturated heterocycles. The first-order valence-electron chi connectivity index (χ1n) is 7.17. The summed E-state index contributed by atoms with van der Waals surface area (Å²) in [6, 6.07) is 13.3. The molecule has 0 saturated carbocycles. The van der Waals surface area contributed by atoms with Gasteiger partial charge in [0.15, 0.2) is 11.6 Å². The highest BCUT2D eigenvalue weighted by Crippen LogP contribution is 2.18. The van der Waals surface area contributed by atoms with Gasteiger partial charge in [0.05, 0.1) is 13.7 Å². The van der Waals surface area contributed by atoms with E-state index in [0.29, 0.717) is 5.82 Å². The number of ether oxygens (including phenoxy) is 1. The van der Waals surface area contributed by atoms with Crippen LogP contribution in [-0.4, -0.2) is 23.2 Å². The Labute approximate surface area is 137 Å². The molecular formula is C17H14FN3O3. The number of carbonyl (C=O) groups excluding carboxylic acids is 1. The summed E-state index contributed by atoms with van der Waals surface area (Å²) in [6.07, 6.45) is 0. The maximum absolute atomic E-state index is 13.6. The van der Waals surface area contributed by atoms with Crippen LogP contribution in [0.1, 0.15) is 16.2 Å². The molecule has 0 atom stereocenters. The van der Waals surface area contributed by atoms with Gasteiger partial charge in [-0.3, -0.25) is 4.79 Å². The number of aromatic nitrogens is 2. The molecule has 3 aromatic rings. The van der Waals surface area contributed by atoms with Gasteiger partial charge in [0.1, 0.15) is 0 Å². The van der Waals surface area contributed by atoms with Gasteiger partial charge in [-0.1, -0.05) is 35.5 Å². The maximum atomic E-state index is 13.6. The van der Waals surface area contributed by atoms with Crippen LogP contribution in [0.5, 0.6) is 5.75 Å². The Bertz CT molecular complexity index is 849. The van der Waals surface area contributed by atoms with Crippen molar-refractivity contribution in [3.8, 4) is 17.1 Å². The van der Waals surface area contributed by atoms with Gasteiger partial charge < -0.3 is 14.6 Å². The number of carbonyl (C=O) groups is 1. The third-order valence-corrected chi connectivity index (χ3v) is 3.31. The van der Waals surface area contributed by atoms with E-state index in [-0.39, 0.29) is 23.7 Å². The number of rotatable bonds is 5. The zero-order valence-electron chi connectivity index (χ0n) is 12.8. The molecule has 24 heavy (non-hydrogen) atoms. The van der Waals surface area contributed by atoms with E-state index in [0.717, 1.165) is 11.6 Å². The Kier molecular flexibility index (Phi) is 4.51. The normalized spacial score (nSPS) is 10.4. The van der Waals surface area contributed by atoms with Gasteiger partial charge in [0, 0.05) is 11.1 Å². The summed E-state index contributed by atoms with van der Waals surface area (Å²) in [4.78, 5) is 16.2. The van der Waals surface area contributed by atoms with Crippen molar-refractivity contribution in [3.63, 3.8) is 0 Å². The number of hydrogen-bond acceptors (Lipinski definition) is 5. The lowest BCUT2D eigenvalue weighted by molar-refractivity contribution is 0.0945. The highest BCUT2D eigenvalue weighted by molar-refractivity contribution is 5.94. The molecule has 0 fully saturated rings. The summed E-state index contributed by atoms with van der Waals surface area (Å²) in [6.45, 7) is 0.0479. The van der Waals surface area contributed by atoms with E-state index in [4.69, 9.17) is 9.26 Å². The number of halogens is 1. The zero-order chi connectivity index (χ0) is 16.9. The van der Waals surface area contributed by atoms with Crippen LogP contribution in [-0.2, 0) is 6.54 Å². The summed E-state index contributed by atoms with van der Waals surface area (Å²) in [5.41, 5.74) is 0.993. The molecule has 1 aromatic heterocycles. The van der Waals surface area contributed by atoms with E-state index in [1.54, 1.807) is 0 Å². The van der Waals surface area contributed by atoms with Crippen molar-refractivity contribution in [1.29, 1.82) is 0 Å². The van der Waals surface area contributed by atoms with E-state index in [1.165, 1.54) is 19.2 Å². The molecule has 7 heteroatoms. The van der Waals surface area contributed by atoms with E-state index >= 15 is 0 Å². The molecule has 6 nitrogen and oxygen atoms in total. The molecule has 0 aliphatic heterocycles. The van der Waals surface area contributed by atoms with Crippen molar-refractivity contribution in [2.24, 2.45) is 0 Å². The van der Waals surface area contributed by atoms with Gasteiger partial charge in [-0.15, -0.1) is 0 Å². The number of methoxy groups -OCH3 is 1. The number of nitrogens with zero attached hydrogens (tertiary/aromatic N) is 2. The SMILES string of the molecule is COc1ccc(C(=O)NCc2nc(-c3ccccc3)no2)cc1F. The molecule has 0 spiro atoms. The molecule has 0 aliphatic carbocycles. The van der Waals surface area contributed by atoms with Crippen LogP contribution >= 0.6 is 0 Å². The fraction of sp³-hybridized carbons (Fsp3) is 0.118. The minimum absolute atomic E-state index is 0.0479. The molecule has 1 heterocycles. The first-order chi connectivity index (χ1) is 11.7. The van der Waals surface area contributed by atoms with Crippen molar-refractivity contribution in [2.45, 2.75) is 6.54 Å². The van der Waals surface area contributed by atoms with E-state index in [2.05, 4.69) is 15.5 Å². The third kappa shape index (κ3) is 3.40. The quantitative estimate of drug-likeness (QED) is 0.780. The topological polar surface area (TPSA) is 77.2 Å². The monoisotopic (exact) mass is 327 g/mol. The van der Waals surface area contributed by atoms with Crippen molar-refractivity contribution in [3.05, 3.63) is 65.8 Å². The molecule has 0 bridgehead atoms. The minimum atomic E-state index is -0.602. The molecule has 1 amide bonds. The third-order valence-electron chi connectivity index (χ3n) is 3.31. The van der Waals surface area contributed by atoms with Crippen LogP contribution in [0.4, 0.5) is 4.39 Å². The second-order valence-corrected chi connectivity index (χ2v) is 4.91. The standard InChI is InChI=1S/C17H14FN3O3/c1-23-14-8-7-12(9-13(14)18)17(22)19-10-15-20-16(21-24-15)11-5-3-2-4-6-11/h2-9H,10H2,1H3,(H,19,22). The van der Waals surface area contributed by atoms with Gasteiger partial charge in [-0.25, -0.2) is 4.39 Å². The molecule has 122 valence electrons. The number of hydrogen-bond donors (Lipinski definition) is 1. The summed E-state index contributed by atoms with van der Waals surface area (Å²) >= 11 is 0. The molecule has 3 rings (SSSR count). The summed E-state index contributed by atoms with van der Waals surface area (Å²) in [7, 11) is 1.36. The van der Waals surface area contributed by atoms with Gasteiger partial charge >= 0.3 is 0 Å². The summed E-state index contributed by atoms with van der Waals surface area (Å²) in [5.74, 6) is -0.271. The average molecular weight is 327 g/mol. The van der Waals surface area contributed by atoms with Crippen LogP contribution in [0.25, 0.3) is 11.4 Å². The van der Waals surface area contributed by atoms with Gasteiger partial charge in [0.25, 0.3) is 5.91 Å². The van der Waals surface area contributed by atoms with Crippen molar-refractivity contribution in [2.75, 3.05) is 7.11 Å². The van der Waals surface area contributed by atoms with Crippen molar-refractivity contribution < 1.29 is 18.4 Å². The lowest BCUT2D eigenvalue weighted by Gasteiger charge is -2.05. The second-order valence-electron chi connectivity index (χ2n) is 4.91. The van der Waals surface area contributed by atoms with Crippen LogP contribution < -0.4 is 10.1 Å². The lowest BCUT2D eigenvalue weighted by Crippen LogP contribution is -2.23. The van der Waals surface area contributed by atoms with E-state index in [1.807, 2.05) is 30.3 Å². The average Bonchev–Trinajstić information content (AvgIpc) is 3.09. The molecule has 1 N–H and O–H groups in total. The Balaban J connectivity index is 1.65. The number of amides is 1. The number of benzene rings is 2. The Morgan fingerprint density at radius 1 is 1.25 bits per heavy atom. The first kappa shape index (κ1) is 15.7. The van der Waals surface area contributed by atoms with Gasteiger partial charge in [-0.05, 0) is 18.2 Å². The zero-order valence-corrected chi connectivity index (χ0v) is 12.8. The molecule has 2 aromatic carbocycles.